The van der Waals surface area contributed by atoms with E-state index in [-0.39, 0.29) is 11.9 Å². The molecule has 0 aromatic rings. The van der Waals surface area contributed by atoms with Gasteiger partial charge >= 0.3 is 133 Å². The molecule has 6 heteroatoms. The van der Waals surface area contributed by atoms with E-state index < -0.39 is 40.3 Å². The molecule has 0 aromatic heterocycles. The van der Waals surface area contributed by atoms with Crippen molar-refractivity contribution in [1.82, 2.24) is 0 Å². The van der Waals surface area contributed by atoms with Gasteiger partial charge in [-0.2, -0.15) is 0 Å². The van der Waals surface area contributed by atoms with Crippen molar-refractivity contribution in [3.63, 3.8) is 0 Å². The summed E-state index contributed by atoms with van der Waals surface area (Å²) in [5.41, 5.74) is 0. The molecule has 0 aliphatic heterocycles. The predicted molar refractivity (Wildman–Crippen MR) is 82.3 cm³/mol. The van der Waals surface area contributed by atoms with Crippen LogP contribution in [-0.2, 0) is 15.7 Å². The Morgan fingerprint density at radius 2 is 1.00 bits per heavy atom. The van der Waals surface area contributed by atoms with Crippen LogP contribution < -0.4 is 0 Å². The summed E-state index contributed by atoms with van der Waals surface area (Å²) in [6.45, 7) is 0. The molecule has 4 nitrogen and oxygen atoms in total. The van der Waals surface area contributed by atoms with Crippen molar-refractivity contribution in [3.8, 4) is 0 Å². The second-order valence-corrected chi connectivity index (χ2v) is 18.7. The number of unbranched alkanes of at least 4 members (excludes halogenated alkanes) is 4. The van der Waals surface area contributed by atoms with Crippen LogP contribution in [0.15, 0.2) is 0 Å². The number of hydrogen-bond acceptors (Lipinski definition) is 4. The van der Waals surface area contributed by atoms with Crippen LogP contribution in [-0.4, -0.2) is 52.3 Å². The Balaban J connectivity index is 3.32. The van der Waals surface area contributed by atoms with E-state index in [0.717, 1.165) is 32.1 Å². The van der Waals surface area contributed by atoms with E-state index in [1.807, 2.05) is 0 Å². The van der Waals surface area contributed by atoms with Gasteiger partial charge in [0.25, 0.3) is 0 Å². The minimum absolute atomic E-state index is 0.0150. The quantitative estimate of drug-likeness (QED) is 0.353. The molecule has 112 valence electrons. The van der Waals surface area contributed by atoms with Gasteiger partial charge in [-0.25, -0.2) is 0 Å². The Labute approximate surface area is 132 Å². The Kier molecular flexibility index (Phi) is 12.6. The van der Waals surface area contributed by atoms with Crippen LogP contribution in [0.4, 0.5) is 0 Å². The summed E-state index contributed by atoms with van der Waals surface area (Å²) < 4.78 is 10.5. The molecule has 0 saturated heterocycles. The SMILES string of the molecule is [CH3][SnH]([CH3])[O]C(=O)CCCCCCCC(=O)[O][SnH]([CH3])[CH3]. The first kappa shape index (κ1) is 19.5. The van der Waals surface area contributed by atoms with Crippen LogP contribution >= 0.6 is 0 Å². The fourth-order valence-corrected chi connectivity index (χ4v) is 5.39. The Hall–Kier alpha value is 0.537. The topological polar surface area (TPSA) is 52.6 Å². The van der Waals surface area contributed by atoms with Gasteiger partial charge in [0.1, 0.15) is 0 Å². The van der Waals surface area contributed by atoms with E-state index >= 15 is 0 Å². The molecule has 0 spiro atoms. The molecule has 0 N–H and O–H groups in total. The second kappa shape index (κ2) is 12.3. The zero-order valence-electron chi connectivity index (χ0n) is 12.7. The number of rotatable bonds is 10. The van der Waals surface area contributed by atoms with Gasteiger partial charge < -0.3 is 0 Å². The van der Waals surface area contributed by atoms with Crippen LogP contribution in [0, 0.1) is 0 Å². The van der Waals surface area contributed by atoms with Crippen molar-refractivity contribution >= 4 is 52.3 Å². The third-order valence-electron chi connectivity index (χ3n) is 2.50. The first-order chi connectivity index (χ1) is 8.91. The van der Waals surface area contributed by atoms with Crippen molar-refractivity contribution in [2.75, 3.05) is 0 Å². The van der Waals surface area contributed by atoms with Crippen LogP contribution in [0.3, 0.4) is 0 Å². The summed E-state index contributed by atoms with van der Waals surface area (Å²) in [7, 11) is 0. The molecule has 0 rings (SSSR count). The molecule has 0 unspecified atom stereocenters. The summed E-state index contributed by atoms with van der Waals surface area (Å²) in [4.78, 5) is 30.9. The summed E-state index contributed by atoms with van der Waals surface area (Å²) in [6, 6.07) is 0. The molecule has 0 bridgehead atoms. The molecule has 0 saturated carbocycles. The fraction of sp³-hybridized carbons (Fsp3) is 0.846. The second-order valence-electron chi connectivity index (χ2n) is 5.34. The minimum atomic E-state index is -1.83. The summed E-state index contributed by atoms with van der Waals surface area (Å²) in [6.07, 6.45) is 6.09. The van der Waals surface area contributed by atoms with E-state index in [4.69, 9.17) is 6.15 Å². The van der Waals surface area contributed by atoms with Gasteiger partial charge in [-0.15, -0.1) is 0 Å². The van der Waals surface area contributed by atoms with E-state index in [1.54, 1.807) is 0 Å². The molecule has 0 aliphatic rings. The molecule has 0 radical (unpaired) electrons. The van der Waals surface area contributed by atoms with E-state index in [9.17, 15) is 9.59 Å². The first-order valence-corrected chi connectivity index (χ1v) is 23.2. The molecule has 0 atom stereocenters. The van der Waals surface area contributed by atoms with E-state index in [0.29, 0.717) is 12.8 Å². The number of hydrogen-bond donors (Lipinski definition) is 0. The molecular formula is C13H28O4Sn2. The van der Waals surface area contributed by atoms with Crippen molar-refractivity contribution in [1.29, 1.82) is 0 Å². The molecule has 0 heterocycles. The zero-order valence-corrected chi connectivity index (χ0v) is 19.3. The Bertz CT molecular complexity index is 241. The maximum absolute atomic E-state index is 11.3. The van der Waals surface area contributed by atoms with Gasteiger partial charge in [0.05, 0.1) is 0 Å². The first-order valence-electron chi connectivity index (χ1n) is 7.30. The summed E-state index contributed by atoms with van der Waals surface area (Å²) in [5, 5.41) is 0. The predicted octanol–water partition coefficient (Wildman–Crippen LogP) is 2.77. The summed E-state index contributed by atoms with van der Waals surface area (Å²) >= 11 is -3.66. The van der Waals surface area contributed by atoms with Crippen molar-refractivity contribution in [2.45, 2.75) is 64.7 Å². The third kappa shape index (κ3) is 14.8. The normalized spacial score (nSPS) is 10.8. The Morgan fingerprint density at radius 3 is 1.32 bits per heavy atom. The molecule has 0 aliphatic carbocycles. The average molecular weight is 486 g/mol. The van der Waals surface area contributed by atoms with E-state index in [1.165, 1.54) is 0 Å². The standard InChI is InChI=1S/C9H16O4.4CH3.2Sn.2H/c10-8(11)6-4-2-1-3-5-7-9(12)13;;;;;;;;/h1-7H2,(H,10,11)(H,12,13);4*1H3;;;;/q;;;;;2*+1;;/p-2. The van der Waals surface area contributed by atoms with Gasteiger partial charge in [-0.1, -0.05) is 0 Å². The average Bonchev–Trinajstić information content (AvgIpc) is 2.25. The van der Waals surface area contributed by atoms with Gasteiger partial charge in [-0.3, -0.25) is 0 Å². The molecule has 0 fully saturated rings. The third-order valence-corrected chi connectivity index (χ3v) is 6.69. The molecule has 19 heavy (non-hydrogen) atoms. The number of carbonyl (C=O) groups is 2. The molecule has 0 amide bonds. The maximum atomic E-state index is 11.3. The van der Waals surface area contributed by atoms with Gasteiger partial charge in [0.15, 0.2) is 0 Å². The molecule has 0 aromatic carbocycles. The summed E-state index contributed by atoms with van der Waals surface area (Å²) in [5.74, 6) is -0.0300. The van der Waals surface area contributed by atoms with Gasteiger partial charge in [-0.05, 0) is 0 Å². The fourth-order valence-electron chi connectivity index (χ4n) is 1.71. The Morgan fingerprint density at radius 1 is 0.684 bits per heavy atom. The van der Waals surface area contributed by atoms with Crippen molar-refractivity contribution in [2.24, 2.45) is 0 Å². The van der Waals surface area contributed by atoms with Crippen molar-refractivity contribution < 1.29 is 15.7 Å². The van der Waals surface area contributed by atoms with Crippen molar-refractivity contribution in [3.05, 3.63) is 0 Å². The molecular weight excluding hydrogens is 458 g/mol. The van der Waals surface area contributed by atoms with Crippen LogP contribution in [0.25, 0.3) is 0 Å². The van der Waals surface area contributed by atoms with Crippen LogP contribution in [0.2, 0.25) is 19.8 Å². The number of carbonyl (C=O) groups excluding carboxylic acids is 2. The van der Waals surface area contributed by atoms with Crippen LogP contribution in [0.1, 0.15) is 44.9 Å². The van der Waals surface area contributed by atoms with Gasteiger partial charge in [0.2, 0.25) is 0 Å². The monoisotopic (exact) mass is 488 g/mol. The van der Waals surface area contributed by atoms with E-state index in [2.05, 4.69) is 19.8 Å². The van der Waals surface area contributed by atoms with Gasteiger partial charge in [0, 0.05) is 0 Å². The van der Waals surface area contributed by atoms with Crippen LogP contribution in [0.5, 0.6) is 0 Å². The zero-order chi connectivity index (χ0) is 14.7.